The Morgan fingerprint density at radius 3 is 2.37 bits per heavy atom. The number of benzene rings is 1. The summed E-state index contributed by atoms with van der Waals surface area (Å²) in [5.41, 5.74) is 0.592. The number of hydrogen-bond acceptors (Lipinski definition) is 6. The van der Waals surface area contributed by atoms with Crippen molar-refractivity contribution in [2.75, 3.05) is 14.2 Å². The van der Waals surface area contributed by atoms with Gasteiger partial charge in [-0.05, 0) is 0 Å². The van der Waals surface area contributed by atoms with Gasteiger partial charge < -0.3 is 14.4 Å². The molecule has 0 N–H and O–H groups in total. The van der Waals surface area contributed by atoms with E-state index in [2.05, 4.69) is 9.47 Å². The maximum atomic E-state index is 11.8. The number of hydrogen-bond donors (Lipinski definition) is 0. The average molecular weight is 264 g/mol. The van der Waals surface area contributed by atoms with Gasteiger partial charge in [-0.1, -0.05) is 30.3 Å². The number of ether oxygens (including phenoxy) is 2. The molecule has 1 unspecified atom stereocenters. The van der Waals surface area contributed by atoms with Crippen LogP contribution in [0.5, 0.6) is 0 Å². The summed E-state index contributed by atoms with van der Waals surface area (Å²) in [7, 11) is 2.41. The van der Waals surface area contributed by atoms with Gasteiger partial charge in [0.25, 0.3) is 0 Å². The number of carbonyl (C=O) groups excluding carboxylic acids is 2. The highest BCUT2D eigenvalue weighted by Gasteiger charge is 2.41. The number of carbonyl (C=O) groups is 2. The Balaban J connectivity index is 2.47. The van der Waals surface area contributed by atoms with Crippen LogP contribution in [0.2, 0.25) is 0 Å². The maximum Gasteiger partial charge on any atom is 0.344 e. The molecule has 19 heavy (non-hydrogen) atoms. The second-order valence-electron chi connectivity index (χ2n) is 3.68. The van der Waals surface area contributed by atoms with Crippen LogP contribution in [0.25, 0.3) is 5.76 Å². The molecule has 0 saturated carbocycles. The van der Waals surface area contributed by atoms with E-state index in [1.165, 1.54) is 14.2 Å². The molecule has 1 aromatic carbocycles. The molecule has 0 spiro atoms. The quantitative estimate of drug-likeness (QED) is 0.601. The molecular weight excluding hydrogens is 252 g/mol. The Bertz CT molecular complexity index is 519. The van der Waals surface area contributed by atoms with E-state index in [0.717, 1.165) is 0 Å². The summed E-state index contributed by atoms with van der Waals surface area (Å²) in [5, 5.41) is 0. The predicted octanol–water partition coefficient (Wildman–Crippen LogP) is 1.07. The van der Waals surface area contributed by atoms with Crippen LogP contribution in [-0.4, -0.2) is 32.3 Å². The zero-order chi connectivity index (χ0) is 13.8. The van der Waals surface area contributed by atoms with E-state index in [0.29, 0.717) is 5.56 Å². The lowest BCUT2D eigenvalue weighted by molar-refractivity contribution is -0.245. The molecule has 100 valence electrons. The zero-order valence-electron chi connectivity index (χ0n) is 10.4. The van der Waals surface area contributed by atoms with Gasteiger partial charge in [0.05, 0.1) is 14.2 Å². The maximum absolute atomic E-state index is 11.8. The minimum Gasteiger partial charge on any atom is -0.467 e. The minimum absolute atomic E-state index is 0.0134. The molecular formula is C13H12O6. The first-order valence-electron chi connectivity index (χ1n) is 5.48. The lowest BCUT2D eigenvalue weighted by Gasteiger charge is -2.06. The van der Waals surface area contributed by atoms with E-state index in [1.54, 1.807) is 24.3 Å². The molecule has 1 aliphatic heterocycles. The second-order valence-corrected chi connectivity index (χ2v) is 3.68. The molecule has 2 rings (SSSR count). The lowest BCUT2D eigenvalue weighted by atomic mass is 10.0. The van der Waals surface area contributed by atoms with E-state index in [1.807, 2.05) is 6.07 Å². The third-order valence-electron chi connectivity index (χ3n) is 2.59. The predicted molar refractivity (Wildman–Crippen MR) is 63.4 cm³/mol. The number of rotatable bonds is 3. The van der Waals surface area contributed by atoms with Gasteiger partial charge in [-0.25, -0.2) is 9.59 Å². The van der Waals surface area contributed by atoms with Gasteiger partial charge in [-0.15, -0.1) is 0 Å². The first-order chi connectivity index (χ1) is 9.19. The SMILES string of the molecule is COC(=O)C1=C(c2ccccc2)OOC1C(=O)OC. The van der Waals surface area contributed by atoms with Gasteiger partial charge in [0.2, 0.25) is 6.10 Å². The molecule has 1 aromatic rings. The summed E-state index contributed by atoms with van der Waals surface area (Å²) < 4.78 is 9.20. The van der Waals surface area contributed by atoms with E-state index in [-0.39, 0.29) is 11.3 Å². The van der Waals surface area contributed by atoms with Gasteiger partial charge in [0, 0.05) is 5.56 Å². The van der Waals surface area contributed by atoms with Crippen molar-refractivity contribution in [2.24, 2.45) is 0 Å². The van der Waals surface area contributed by atoms with Crippen molar-refractivity contribution in [3.05, 3.63) is 41.5 Å². The summed E-state index contributed by atoms with van der Waals surface area (Å²) in [4.78, 5) is 33.2. The zero-order valence-corrected chi connectivity index (χ0v) is 10.4. The van der Waals surface area contributed by atoms with Crippen molar-refractivity contribution in [3.8, 4) is 0 Å². The van der Waals surface area contributed by atoms with Crippen molar-refractivity contribution < 1.29 is 28.8 Å². The van der Waals surface area contributed by atoms with E-state index in [4.69, 9.17) is 9.78 Å². The Morgan fingerprint density at radius 2 is 1.79 bits per heavy atom. The third-order valence-corrected chi connectivity index (χ3v) is 2.59. The standard InChI is InChI=1S/C13H12O6/c1-16-12(14)9-10(8-6-4-3-5-7-8)18-19-11(9)13(15)17-2/h3-7,11H,1-2H3. The summed E-state index contributed by atoms with van der Waals surface area (Å²) in [5.74, 6) is -1.28. The molecule has 0 aromatic heterocycles. The molecule has 0 amide bonds. The molecule has 1 heterocycles. The van der Waals surface area contributed by atoms with Crippen LogP contribution in [0.1, 0.15) is 5.56 Å². The highest BCUT2D eigenvalue weighted by Crippen LogP contribution is 2.32. The number of esters is 2. The lowest BCUT2D eigenvalue weighted by Crippen LogP contribution is -2.28. The summed E-state index contributed by atoms with van der Waals surface area (Å²) >= 11 is 0. The van der Waals surface area contributed by atoms with Gasteiger partial charge in [-0.3, -0.25) is 0 Å². The molecule has 6 heteroatoms. The van der Waals surface area contributed by atoms with Crippen LogP contribution in [0.4, 0.5) is 0 Å². The molecule has 0 fully saturated rings. The Morgan fingerprint density at radius 1 is 1.11 bits per heavy atom. The fraction of sp³-hybridized carbons (Fsp3) is 0.231. The van der Waals surface area contributed by atoms with Crippen molar-refractivity contribution in [3.63, 3.8) is 0 Å². The van der Waals surface area contributed by atoms with Gasteiger partial charge >= 0.3 is 11.9 Å². The molecule has 0 saturated heterocycles. The topological polar surface area (TPSA) is 71.1 Å². The number of methoxy groups -OCH3 is 2. The average Bonchev–Trinajstić information content (AvgIpc) is 2.91. The smallest absolute Gasteiger partial charge is 0.344 e. The van der Waals surface area contributed by atoms with Crippen LogP contribution in [-0.2, 0) is 28.8 Å². The van der Waals surface area contributed by atoms with Crippen LogP contribution in [0, 0.1) is 0 Å². The summed E-state index contributed by atoms with van der Waals surface area (Å²) in [6.45, 7) is 0. The molecule has 1 aliphatic rings. The van der Waals surface area contributed by atoms with Crippen LogP contribution in [0.15, 0.2) is 35.9 Å². The third kappa shape index (κ3) is 2.43. The Hall–Kier alpha value is -2.34. The van der Waals surface area contributed by atoms with Crippen molar-refractivity contribution >= 4 is 17.7 Å². The first-order valence-corrected chi connectivity index (χ1v) is 5.48. The van der Waals surface area contributed by atoms with Crippen LogP contribution in [0.3, 0.4) is 0 Å². The van der Waals surface area contributed by atoms with Crippen LogP contribution >= 0.6 is 0 Å². The summed E-state index contributed by atoms with van der Waals surface area (Å²) in [6.07, 6.45) is -1.24. The van der Waals surface area contributed by atoms with E-state index < -0.39 is 18.0 Å². The molecule has 0 aliphatic carbocycles. The highest BCUT2D eigenvalue weighted by atomic mass is 17.2. The van der Waals surface area contributed by atoms with E-state index in [9.17, 15) is 9.59 Å². The Kier molecular flexibility index (Phi) is 3.82. The normalized spacial score (nSPS) is 17.9. The first kappa shape index (κ1) is 13.1. The molecule has 1 atom stereocenters. The van der Waals surface area contributed by atoms with Crippen molar-refractivity contribution in [2.45, 2.75) is 6.10 Å². The van der Waals surface area contributed by atoms with Crippen molar-refractivity contribution in [1.82, 2.24) is 0 Å². The second kappa shape index (κ2) is 5.53. The molecule has 0 radical (unpaired) electrons. The minimum atomic E-state index is -1.24. The highest BCUT2D eigenvalue weighted by molar-refractivity contribution is 6.03. The molecule has 6 nitrogen and oxygen atoms in total. The van der Waals surface area contributed by atoms with Gasteiger partial charge in [0.15, 0.2) is 5.76 Å². The van der Waals surface area contributed by atoms with Crippen LogP contribution < -0.4 is 0 Å². The molecule has 0 bridgehead atoms. The fourth-order valence-corrected chi connectivity index (χ4v) is 1.68. The fourth-order valence-electron chi connectivity index (χ4n) is 1.68. The van der Waals surface area contributed by atoms with Gasteiger partial charge in [0.1, 0.15) is 5.57 Å². The largest absolute Gasteiger partial charge is 0.467 e. The summed E-state index contributed by atoms with van der Waals surface area (Å²) in [6, 6.07) is 8.80. The van der Waals surface area contributed by atoms with E-state index >= 15 is 0 Å². The monoisotopic (exact) mass is 264 g/mol. The van der Waals surface area contributed by atoms with Crippen molar-refractivity contribution in [1.29, 1.82) is 0 Å². The van der Waals surface area contributed by atoms with Gasteiger partial charge in [-0.2, -0.15) is 4.89 Å². The Labute approximate surface area is 109 Å².